The van der Waals surface area contributed by atoms with Gasteiger partial charge in [-0.1, -0.05) is 6.92 Å². The van der Waals surface area contributed by atoms with Gasteiger partial charge in [-0.2, -0.15) is 0 Å². The Morgan fingerprint density at radius 2 is 1.79 bits per heavy atom. The van der Waals surface area contributed by atoms with E-state index in [1.165, 1.54) is 32.4 Å². The van der Waals surface area contributed by atoms with Crippen LogP contribution >= 0.6 is 0 Å². The number of aromatic nitrogens is 2. The Bertz CT molecular complexity index is 416. The maximum atomic E-state index is 4.53. The number of aryl methyl sites for hydroxylation is 1. The van der Waals surface area contributed by atoms with Crippen LogP contribution in [0.1, 0.15) is 38.7 Å². The highest BCUT2D eigenvalue weighted by atomic mass is 15.4. The first-order valence-corrected chi connectivity index (χ1v) is 7.50. The molecular formula is C15H24N4. The molecule has 0 saturated carbocycles. The Morgan fingerprint density at radius 3 is 2.32 bits per heavy atom. The van der Waals surface area contributed by atoms with Crippen LogP contribution in [0, 0.1) is 6.92 Å². The van der Waals surface area contributed by atoms with Crippen molar-refractivity contribution >= 4 is 5.95 Å². The lowest BCUT2D eigenvalue weighted by molar-refractivity contribution is 0.162. The molecule has 1 aromatic heterocycles. The molecule has 3 rings (SSSR count). The molecule has 2 aliphatic heterocycles. The quantitative estimate of drug-likeness (QED) is 0.834. The molecule has 2 bridgehead atoms. The van der Waals surface area contributed by atoms with Crippen molar-refractivity contribution < 1.29 is 0 Å². The molecule has 0 aromatic carbocycles. The summed E-state index contributed by atoms with van der Waals surface area (Å²) in [6.07, 6.45) is 7.68. The minimum Gasteiger partial charge on any atom is -0.332 e. The standard InChI is InChI=1S/C15H24N4/c1-4-12(3)18-9-13-5-6-14(10-18)19(13)15-16-7-11(2)8-17-15/h7-8,12-14H,4-6,9-10H2,1-3H3. The number of likely N-dealkylation sites (tertiary alicyclic amines) is 1. The Morgan fingerprint density at radius 1 is 1.21 bits per heavy atom. The Labute approximate surface area is 115 Å². The van der Waals surface area contributed by atoms with E-state index in [1.54, 1.807) is 0 Å². The molecule has 0 aliphatic carbocycles. The normalized spacial score (nSPS) is 28.7. The topological polar surface area (TPSA) is 32.3 Å². The molecule has 3 atom stereocenters. The fraction of sp³-hybridized carbons (Fsp3) is 0.733. The van der Waals surface area contributed by atoms with Gasteiger partial charge in [0.2, 0.25) is 5.95 Å². The van der Waals surface area contributed by atoms with E-state index in [0.717, 1.165) is 11.5 Å². The van der Waals surface area contributed by atoms with Gasteiger partial charge in [-0.15, -0.1) is 0 Å². The molecule has 0 spiro atoms. The largest absolute Gasteiger partial charge is 0.332 e. The molecule has 0 radical (unpaired) electrons. The van der Waals surface area contributed by atoms with Crippen molar-refractivity contribution in [2.75, 3.05) is 18.0 Å². The van der Waals surface area contributed by atoms with Gasteiger partial charge in [0, 0.05) is 43.6 Å². The van der Waals surface area contributed by atoms with Crippen LogP contribution in [0.3, 0.4) is 0 Å². The number of fused-ring (bicyclic) bond motifs is 2. The molecule has 104 valence electrons. The van der Waals surface area contributed by atoms with Gasteiger partial charge in [0.15, 0.2) is 0 Å². The molecule has 0 N–H and O–H groups in total. The van der Waals surface area contributed by atoms with Crippen LogP contribution in [-0.2, 0) is 0 Å². The Kier molecular flexibility index (Phi) is 3.44. The Hall–Kier alpha value is -1.16. The molecule has 2 aliphatic rings. The van der Waals surface area contributed by atoms with E-state index < -0.39 is 0 Å². The third-order valence-corrected chi connectivity index (χ3v) is 4.72. The van der Waals surface area contributed by atoms with Crippen molar-refractivity contribution in [3.8, 4) is 0 Å². The number of hydrogen-bond acceptors (Lipinski definition) is 4. The lowest BCUT2D eigenvalue weighted by Gasteiger charge is -2.43. The summed E-state index contributed by atoms with van der Waals surface area (Å²) in [5, 5.41) is 0. The molecule has 4 heteroatoms. The Balaban J connectivity index is 1.78. The van der Waals surface area contributed by atoms with Gasteiger partial charge in [-0.05, 0) is 38.7 Å². The average molecular weight is 260 g/mol. The number of hydrogen-bond donors (Lipinski definition) is 0. The van der Waals surface area contributed by atoms with Gasteiger partial charge < -0.3 is 4.90 Å². The van der Waals surface area contributed by atoms with Crippen LogP contribution in [0.4, 0.5) is 5.95 Å². The van der Waals surface area contributed by atoms with Gasteiger partial charge in [0.1, 0.15) is 0 Å². The lowest BCUT2D eigenvalue weighted by atomic mass is 10.1. The second kappa shape index (κ2) is 5.08. The van der Waals surface area contributed by atoms with Crippen molar-refractivity contribution in [2.45, 2.75) is 58.2 Å². The number of nitrogens with zero attached hydrogens (tertiary/aromatic N) is 4. The number of piperazine rings is 1. The van der Waals surface area contributed by atoms with Gasteiger partial charge in [-0.3, -0.25) is 4.90 Å². The van der Waals surface area contributed by atoms with Crippen LogP contribution in [0.2, 0.25) is 0 Å². The summed E-state index contributed by atoms with van der Waals surface area (Å²) in [6, 6.07) is 1.91. The predicted molar refractivity (Wildman–Crippen MR) is 77.4 cm³/mol. The van der Waals surface area contributed by atoms with Crippen LogP contribution in [0.15, 0.2) is 12.4 Å². The average Bonchev–Trinajstić information content (AvgIpc) is 2.69. The van der Waals surface area contributed by atoms with E-state index in [9.17, 15) is 0 Å². The lowest BCUT2D eigenvalue weighted by Crippen LogP contribution is -2.56. The van der Waals surface area contributed by atoms with Crippen molar-refractivity contribution in [3.05, 3.63) is 18.0 Å². The first-order valence-electron chi connectivity index (χ1n) is 7.50. The predicted octanol–water partition coefficient (Wildman–Crippen LogP) is 2.24. The van der Waals surface area contributed by atoms with Gasteiger partial charge in [0.05, 0.1) is 0 Å². The first kappa shape index (κ1) is 12.9. The van der Waals surface area contributed by atoms with E-state index in [0.29, 0.717) is 18.1 Å². The van der Waals surface area contributed by atoms with Crippen molar-refractivity contribution in [3.63, 3.8) is 0 Å². The van der Waals surface area contributed by atoms with Crippen LogP contribution in [-0.4, -0.2) is 46.1 Å². The summed E-state index contributed by atoms with van der Waals surface area (Å²) < 4.78 is 0. The molecule has 2 saturated heterocycles. The van der Waals surface area contributed by atoms with Gasteiger partial charge in [0.25, 0.3) is 0 Å². The summed E-state index contributed by atoms with van der Waals surface area (Å²) in [5.74, 6) is 0.932. The number of anilines is 1. The fourth-order valence-corrected chi connectivity index (χ4v) is 3.40. The highest BCUT2D eigenvalue weighted by Crippen LogP contribution is 2.33. The molecule has 3 heterocycles. The van der Waals surface area contributed by atoms with E-state index in [2.05, 4.69) is 33.6 Å². The summed E-state index contributed by atoms with van der Waals surface area (Å²) in [7, 11) is 0. The second-order valence-electron chi connectivity index (χ2n) is 6.06. The maximum Gasteiger partial charge on any atom is 0.225 e. The highest BCUT2D eigenvalue weighted by molar-refractivity contribution is 5.37. The maximum absolute atomic E-state index is 4.53. The minimum absolute atomic E-state index is 0.607. The van der Waals surface area contributed by atoms with Gasteiger partial charge >= 0.3 is 0 Å². The van der Waals surface area contributed by atoms with Gasteiger partial charge in [-0.25, -0.2) is 9.97 Å². The monoisotopic (exact) mass is 260 g/mol. The van der Waals surface area contributed by atoms with E-state index in [-0.39, 0.29) is 0 Å². The van der Waals surface area contributed by atoms with Crippen LogP contribution in [0.25, 0.3) is 0 Å². The third kappa shape index (κ3) is 2.34. The molecule has 3 unspecified atom stereocenters. The van der Waals surface area contributed by atoms with Crippen LogP contribution in [0.5, 0.6) is 0 Å². The van der Waals surface area contributed by atoms with E-state index in [4.69, 9.17) is 0 Å². The molecule has 4 nitrogen and oxygen atoms in total. The second-order valence-corrected chi connectivity index (χ2v) is 6.06. The van der Waals surface area contributed by atoms with Crippen molar-refractivity contribution in [2.24, 2.45) is 0 Å². The third-order valence-electron chi connectivity index (χ3n) is 4.72. The van der Waals surface area contributed by atoms with Crippen molar-refractivity contribution in [1.82, 2.24) is 14.9 Å². The molecular weight excluding hydrogens is 236 g/mol. The molecule has 19 heavy (non-hydrogen) atoms. The molecule has 1 aromatic rings. The van der Waals surface area contributed by atoms with Crippen molar-refractivity contribution in [1.29, 1.82) is 0 Å². The summed E-state index contributed by atoms with van der Waals surface area (Å²) in [4.78, 5) is 14.2. The molecule has 2 fully saturated rings. The molecule has 0 amide bonds. The summed E-state index contributed by atoms with van der Waals surface area (Å²) in [6.45, 7) is 9.00. The summed E-state index contributed by atoms with van der Waals surface area (Å²) >= 11 is 0. The van der Waals surface area contributed by atoms with E-state index >= 15 is 0 Å². The zero-order valence-corrected chi connectivity index (χ0v) is 12.2. The SMILES string of the molecule is CCC(C)N1CC2CCC(C1)N2c1ncc(C)cn1. The van der Waals surface area contributed by atoms with Crippen LogP contribution < -0.4 is 4.90 Å². The fourth-order valence-electron chi connectivity index (χ4n) is 3.40. The number of rotatable bonds is 3. The highest BCUT2D eigenvalue weighted by Gasteiger charge is 2.41. The summed E-state index contributed by atoms with van der Waals surface area (Å²) in [5.41, 5.74) is 1.13. The van der Waals surface area contributed by atoms with E-state index in [1.807, 2.05) is 19.3 Å². The zero-order valence-electron chi connectivity index (χ0n) is 12.2. The smallest absolute Gasteiger partial charge is 0.225 e. The zero-order chi connectivity index (χ0) is 13.4. The first-order chi connectivity index (χ1) is 9.19. The minimum atomic E-state index is 0.607.